The number of anilines is 2. The van der Waals surface area contributed by atoms with Gasteiger partial charge in [0.15, 0.2) is 9.84 Å². The van der Waals surface area contributed by atoms with Crippen molar-refractivity contribution in [3.63, 3.8) is 0 Å². The van der Waals surface area contributed by atoms with Gasteiger partial charge in [0.1, 0.15) is 0 Å². The molecule has 3 rings (SSSR count). The molecular formula is C20H24ClN3O3S. The van der Waals surface area contributed by atoms with E-state index in [1.54, 1.807) is 25.1 Å². The quantitative estimate of drug-likeness (QED) is 0.821. The highest BCUT2D eigenvalue weighted by atomic mass is 35.5. The Balaban J connectivity index is 1.92. The van der Waals surface area contributed by atoms with Gasteiger partial charge >= 0.3 is 0 Å². The number of aryl methyl sites for hydroxylation is 1. The first kappa shape index (κ1) is 20.6. The lowest BCUT2D eigenvalue weighted by molar-refractivity contribution is 0.102. The second-order valence-corrected chi connectivity index (χ2v) is 9.61. The maximum Gasteiger partial charge on any atom is 0.256 e. The van der Waals surface area contributed by atoms with Crippen LogP contribution in [0.2, 0.25) is 5.02 Å². The van der Waals surface area contributed by atoms with Gasteiger partial charge in [0.05, 0.1) is 16.3 Å². The predicted molar refractivity (Wildman–Crippen MR) is 113 cm³/mol. The van der Waals surface area contributed by atoms with Crippen LogP contribution in [0.1, 0.15) is 15.9 Å². The number of carbonyl (C=O) groups excluding carboxylic acids is 1. The predicted octanol–water partition coefficient (Wildman–Crippen LogP) is 3.06. The van der Waals surface area contributed by atoms with Crippen molar-refractivity contribution >= 4 is 38.7 Å². The zero-order chi connectivity index (χ0) is 20.5. The van der Waals surface area contributed by atoms with E-state index in [2.05, 4.69) is 22.2 Å². The van der Waals surface area contributed by atoms with Crippen LogP contribution in [0.25, 0.3) is 0 Å². The van der Waals surface area contributed by atoms with E-state index in [0.717, 1.165) is 38.1 Å². The summed E-state index contributed by atoms with van der Waals surface area (Å²) in [6, 6.07) is 10.0. The molecule has 1 saturated heterocycles. The van der Waals surface area contributed by atoms with E-state index >= 15 is 0 Å². The molecular weight excluding hydrogens is 398 g/mol. The van der Waals surface area contributed by atoms with Crippen molar-refractivity contribution in [1.29, 1.82) is 0 Å². The number of nitrogens with one attached hydrogen (secondary N) is 1. The SMILES string of the molecule is Cc1ccc(S(C)(=O)=O)cc1C(=O)Nc1cc(Cl)ccc1N1CCN(C)CC1. The Morgan fingerprint density at radius 3 is 2.39 bits per heavy atom. The summed E-state index contributed by atoms with van der Waals surface area (Å²) in [6.07, 6.45) is 1.13. The molecule has 1 N–H and O–H groups in total. The molecule has 0 aliphatic carbocycles. The van der Waals surface area contributed by atoms with Crippen LogP contribution in [-0.4, -0.2) is 58.7 Å². The Kier molecular flexibility index (Phi) is 5.98. The molecule has 0 atom stereocenters. The van der Waals surface area contributed by atoms with Gasteiger partial charge in [0.2, 0.25) is 0 Å². The van der Waals surface area contributed by atoms with Gasteiger partial charge in [-0.1, -0.05) is 17.7 Å². The van der Waals surface area contributed by atoms with Crippen LogP contribution < -0.4 is 10.2 Å². The Morgan fingerprint density at radius 1 is 1.07 bits per heavy atom. The number of halogens is 1. The van der Waals surface area contributed by atoms with Crippen LogP contribution in [0.3, 0.4) is 0 Å². The number of nitrogens with zero attached hydrogens (tertiary/aromatic N) is 2. The number of sulfone groups is 1. The molecule has 0 bridgehead atoms. The molecule has 1 fully saturated rings. The Labute approximate surface area is 171 Å². The smallest absolute Gasteiger partial charge is 0.256 e. The first-order valence-corrected chi connectivity index (χ1v) is 11.3. The maximum absolute atomic E-state index is 12.9. The van der Waals surface area contributed by atoms with E-state index in [-0.39, 0.29) is 10.8 Å². The highest BCUT2D eigenvalue weighted by molar-refractivity contribution is 7.90. The molecule has 1 aliphatic rings. The van der Waals surface area contributed by atoms with Gasteiger partial charge in [-0.3, -0.25) is 4.79 Å². The summed E-state index contributed by atoms with van der Waals surface area (Å²) in [5.74, 6) is -0.361. The minimum Gasteiger partial charge on any atom is -0.367 e. The molecule has 0 saturated carbocycles. The second kappa shape index (κ2) is 8.11. The zero-order valence-corrected chi connectivity index (χ0v) is 17.8. The molecule has 0 spiro atoms. The van der Waals surface area contributed by atoms with E-state index in [4.69, 9.17) is 11.6 Å². The third-order valence-corrected chi connectivity index (χ3v) is 6.28. The standard InChI is InChI=1S/C20H24ClN3O3S/c1-14-4-6-16(28(3,26)27)13-17(14)20(25)22-18-12-15(21)5-7-19(18)24-10-8-23(2)9-11-24/h4-7,12-13H,8-11H2,1-3H3,(H,22,25). The average Bonchev–Trinajstić information content (AvgIpc) is 2.62. The fraction of sp³-hybridized carbons (Fsp3) is 0.350. The number of piperazine rings is 1. The van der Waals surface area contributed by atoms with Gasteiger partial charge in [-0.25, -0.2) is 8.42 Å². The Bertz CT molecular complexity index is 1000. The van der Waals surface area contributed by atoms with E-state index in [1.807, 2.05) is 6.07 Å². The summed E-state index contributed by atoms with van der Waals surface area (Å²) in [5, 5.41) is 3.45. The van der Waals surface area contributed by atoms with E-state index in [9.17, 15) is 13.2 Å². The number of rotatable bonds is 4. The minimum atomic E-state index is -3.40. The highest BCUT2D eigenvalue weighted by Gasteiger charge is 2.20. The summed E-state index contributed by atoms with van der Waals surface area (Å²) >= 11 is 6.17. The molecule has 28 heavy (non-hydrogen) atoms. The molecule has 2 aromatic rings. The van der Waals surface area contributed by atoms with Gasteiger partial charge in [-0.05, 0) is 49.9 Å². The first-order chi connectivity index (χ1) is 13.1. The summed E-state index contributed by atoms with van der Waals surface area (Å²) in [6.45, 7) is 5.35. The normalized spacial score (nSPS) is 15.5. The number of amides is 1. The number of hydrogen-bond donors (Lipinski definition) is 1. The van der Waals surface area contributed by atoms with Crippen molar-refractivity contribution in [2.24, 2.45) is 0 Å². The maximum atomic E-state index is 12.9. The van der Waals surface area contributed by atoms with E-state index in [0.29, 0.717) is 21.8 Å². The molecule has 1 aliphatic heterocycles. The van der Waals surface area contributed by atoms with Gasteiger partial charge in [-0.15, -0.1) is 0 Å². The van der Waals surface area contributed by atoms with E-state index in [1.165, 1.54) is 12.1 Å². The molecule has 0 unspecified atom stereocenters. The largest absolute Gasteiger partial charge is 0.367 e. The summed E-state index contributed by atoms with van der Waals surface area (Å²) in [7, 11) is -1.32. The molecule has 0 aromatic heterocycles. The number of carbonyl (C=O) groups is 1. The van der Waals surface area contributed by atoms with Gasteiger partial charge in [0, 0.05) is 43.0 Å². The molecule has 1 amide bonds. The number of likely N-dealkylation sites (N-methyl/N-ethyl adjacent to an activating group) is 1. The van der Waals surface area contributed by atoms with Crippen LogP contribution in [0.4, 0.5) is 11.4 Å². The number of benzene rings is 2. The van der Waals surface area contributed by atoms with Crippen molar-refractivity contribution in [3.05, 3.63) is 52.5 Å². The van der Waals surface area contributed by atoms with Crippen molar-refractivity contribution in [2.75, 3.05) is 49.7 Å². The van der Waals surface area contributed by atoms with E-state index < -0.39 is 9.84 Å². The van der Waals surface area contributed by atoms with Crippen LogP contribution in [0, 0.1) is 6.92 Å². The number of hydrogen-bond acceptors (Lipinski definition) is 5. The Hall–Kier alpha value is -2.09. The summed E-state index contributed by atoms with van der Waals surface area (Å²) in [4.78, 5) is 17.5. The van der Waals surface area contributed by atoms with Crippen molar-refractivity contribution < 1.29 is 13.2 Å². The fourth-order valence-corrected chi connectivity index (χ4v) is 4.02. The molecule has 6 nitrogen and oxygen atoms in total. The van der Waals surface area contributed by atoms with Crippen LogP contribution in [-0.2, 0) is 9.84 Å². The fourth-order valence-electron chi connectivity index (χ4n) is 3.20. The van der Waals surface area contributed by atoms with Crippen molar-refractivity contribution in [1.82, 2.24) is 4.90 Å². The Morgan fingerprint density at radius 2 is 1.75 bits per heavy atom. The lowest BCUT2D eigenvalue weighted by Crippen LogP contribution is -2.44. The lowest BCUT2D eigenvalue weighted by Gasteiger charge is -2.35. The molecule has 1 heterocycles. The topological polar surface area (TPSA) is 69.7 Å². The van der Waals surface area contributed by atoms with Crippen LogP contribution in [0.5, 0.6) is 0 Å². The zero-order valence-electron chi connectivity index (χ0n) is 16.2. The molecule has 150 valence electrons. The van der Waals surface area contributed by atoms with Crippen LogP contribution in [0.15, 0.2) is 41.3 Å². The minimum absolute atomic E-state index is 0.119. The molecule has 0 radical (unpaired) electrons. The van der Waals surface area contributed by atoms with Crippen molar-refractivity contribution in [3.8, 4) is 0 Å². The highest BCUT2D eigenvalue weighted by Crippen LogP contribution is 2.31. The third-order valence-electron chi connectivity index (χ3n) is 4.93. The average molecular weight is 422 g/mol. The summed E-state index contributed by atoms with van der Waals surface area (Å²) in [5.41, 5.74) is 2.55. The van der Waals surface area contributed by atoms with Crippen LogP contribution >= 0.6 is 11.6 Å². The van der Waals surface area contributed by atoms with Gasteiger partial charge < -0.3 is 15.1 Å². The van der Waals surface area contributed by atoms with Gasteiger partial charge in [0.25, 0.3) is 5.91 Å². The molecule has 8 heteroatoms. The second-order valence-electron chi connectivity index (χ2n) is 7.15. The first-order valence-electron chi connectivity index (χ1n) is 9.00. The summed E-state index contributed by atoms with van der Waals surface area (Å²) < 4.78 is 23.7. The third kappa shape index (κ3) is 4.66. The monoisotopic (exact) mass is 421 g/mol. The van der Waals surface area contributed by atoms with Crippen molar-refractivity contribution in [2.45, 2.75) is 11.8 Å². The van der Waals surface area contributed by atoms with Gasteiger partial charge in [-0.2, -0.15) is 0 Å². The lowest BCUT2D eigenvalue weighted by atomic mass is 10.1. The molecule has 2 aromatic carbocycles.